The summed E-state index contributed by atoms with van der Waals surface area (Å²) >= 11 is 0. The third kappa shape index (κ3) is 3.22. The fraction of sp³-hybridized carbons (Fsp3) is 0.125. The van der Waals surface area contributed by atoms with Crippen molar-refractivity contribution in [3.8, 4) is 0 Å². The molecule has 124 valence electrons. The summed E-state index contributed by atoms with van der Waals surface area (Å²) in [5, 5.41) is 2.28. The van der Waals surface area contributed by atoms with E-state index in [2.05, 4.69) is 10.3 Å². The molecule has 2 aromatic heterocycles. The van der Waals surface area contributed by atoms with Crippen molar-refractivity contribution in [2.45, 2.75) is 12.6 Å². The number of anilines is 1. The second kappa shape index (κ2) is 5.95. The van der Waals surface area contributed by atoms with Crippen LogP contribution in [-0.4, -0.2) is 15.3 Å². The highest BCUT2D eigenvalue weighted by Gasteiger charge is 2.31. The number of imidazole rings is 1. The van der Waals surface area contributed by atoms with Crippen LogP contribution in [0.2, 0.25) is 0 Å². The van der Waals surface area contributed by atoms with Crippen LogP contribution in [0.25, 0.3) is 5.65 Å². The van der Waals surface area contributed by atoms with Crippen molar-refractivity contribution < 1.29 is 22.4 Å². The van der Waals surface area contributed by atoms with E-state index in [0.29, 0.717) is 17.4 Å². The van der Waals surface area contributed by atoms with Gasteiger partial charge in [0.2, 0.25) is 5.91 Å². The van der Waals surface area contributed by atoms with Crippen LogP contribution >= 0.6 is 0 Å². The summed E-state index contributed by atoms with van der Waals surface area (Å²) in [5.74, 6) is -1.69. The molecular formula is C16H11F4N3O. The van der Waals surface area contributed by atoms with Gasteiger partial charge in [0.05, 0.1) is 17.7 Å². The van der Waals surface area contributed by atoms with Crippen molar-refractivity contribution in [2.75, 3.05) is 5.32 Å². The average Bonchev–Trinajstić information content (AvgIpc) is 2.98. The van der Waals surface area contributed by atoms with Gasteiger partial charge in [-0.1, -0.05) is 6.07 Å². The van der Waals surface area contributed by atoms with E-state index in [4.69, 9.17) is 0 Å². The third-order valence-electron chi connectivity index (χ3n) is 3.42. The summed E-state index contributed by atoms with van der Waals surface area (Å²) in [6.07, 6.45) is -1.46. The monoisotopic (exact) mass is 337 g/mol. The molecule has 24 heavy (non-hydrogen) atoms. The summed E-state index contributed by atoms with van der Waals surface area (Å²) in [6.45, 7) is 0. The fourth-order valence-corrected chi connectivity index (χ4v) is 2.30. The smallest absolute Gasteiger partial charge is 0.323 e. The third-order valence-corrected chi connectivity index (χ3v) is 3.42. The van der Waals surface area contributed by atoms with Gasteiger partial charge in [-0.05, 0) is 30.3 Å². The molecule has 3 rings (SSSR count). The summed E-state index contributed by atoms with van der Waals surface area (Å²) in [4.78, 5) is 16.1. The molecule has 0 radical (unpaired) electrons. The molecule has 0 fully saturated rings. The SMILES string of the molecule is O=C(Cc1cccc2nccn12)Nc1ccc(C(F)(F)F)cc1F. The van der Waals surface area contributed by atoms with Gasteiger partial charge in [0, 0.05) is 18.1 Å². The molecule has 0 bridgehead atoms. The van der Waals surface area contributed by atoms with Crippen LogP contribution in [-0.2, 0) is 17.4 Å². The van der Waals surface area contributed by atoms with Crippen LogP contribution in [0.3, 0.4) is 0 Å². The molecule has 1 amide bonds. The van der Waals surface area contributed by atoms with Crippen LogP contribution in [0.5, 0.6) is 0 Å². The van der Waals surface area contributed by atoms with Gasteiger partial charge in [-0.3, -0.25) is 4.79 Å². The number of halogens is 4. The molecular weight excluding hydrogens is 326 g/mol. The Kier molecular flexibility index (Phi) is 3.96. The minimum absolute atomic E-state index is 0.0752. The number of nitrogens with zero attached hydrogens (tertiary/aromatic N) is 2. The normalized spacial score (nSPS) is 11.7. The first-order valence-corrected chi connectivity index (χ1v) is 6.92. The Balaban J connectivity index is 1.77. The predicted molar refractivity (Wildman–Crippen MR) is 78.9 cm³/mol. The number of amides is 1. The number of pyridine rings is 1. The number of alkyl halides is 3. The van der Waals surface area contributed by atoms with Crippen LogP contribution in [0.15, 0.2) is 48.8 Å². The number of hydrogen-bond donors (Lipinski definition) is 1. The van der Waals surface area contributed by atoms with Crippen molar-refractivity contribution in [2.24, 2.45) is 0 Å². The standard InChI is InChI=1S/C16H11F4N3O/c17-12-8-10(16(18,19)20)4-5-13(12)22-15(24)9-11-2-1-3-14-21-6-7-23(11)14/h1-8H,9H2,(H,22,24). The molecule has 8 heteroatoms. The molecule has 3 aromatic rings. The van der Waals surface area contributed by atoms with E-state index in [1.54, 1.807) is 35.0 Å². The number of benzene rings is 1. The number of nitrogens with one attached hydrogen (secondary N) is 1. The largest absolute Gasteiger partial charge is 0.416 e. The Hall–Kier alpha value is -2.90. The minimum atomic E-state index is -4.64. The van der Waals surface area contributed by atoms with Gasteiger partial charge in [-0.15, -0.1) is 0 Å². The molecule has 0 atom stereocenters. The average molecular weight is 337 g/mol. The Morgan fingerprint density at radius 2 is 2.00 bits per heavy atom. The van der Waals surface area contributed by atoms with Crippen LogP contribution in [0.4, 0.5) is 23.2 Å². The van der Waals surface area contributed by atoms with Gasteiger partial charge >= 0.3 is 6.18 Å². The Morgan fingerprint density at radius 1 is 1.21 bits per heavy atom. The van der Waals surface area contributed by atoms with E-state index >= 15 is 0 Å². The van der Waals surface area contributed by atoms with E-state index in [1.165, 1.54) is 0 Å². The Bertz CT molecular complexity index is 902. The molecule has 0 saturated carbocycles. The molecule has 0 saturated heterocycles. The number of rotatable bonds is 3. The van der Waals surface area contributed by atoms with Gasteiger partial charge in [-0.25, -0.2) is 9.37 Å². The van der Waals surface area contributed by atoms with Crippen LogP contribution < -0.4 is 5.32 Å². The zero-order valence-corrected chi connectivity index (χ0v) is 12.1. The minimum Gasteiger partial charge on any atom is -0.323 e. The van der Waals surface area contributed by atoms with Gasteiger partial charge in [0.15, 0.2) is 0 Å². The zero-order chi connectivity index (χ0) is 17.3. The summed E-state index contributed by atoms with van der Waals surface area (Å²) in [6, 6.07) is 7.16. The maximum absolute atomic E-state index is 13.8. The number of aromatic nitrogens is 2. The molecule has 0 aliphatic carbocycles. The maximum atomic E-state index is 13.8. The molecule has 0 aliphatic rings. The summed E-state index contributed by atoms with van der Waals surface area (Å²) < 4.78 is 53.0. The molecule has 1 N–H and O–H groups in total. The van der Waals surface area contributed by atoms with Crippen LogP contribution in [0, 0.1) is 5.82 Å². The molecule has 0 spiro atoms. The molecule has 4 nitrogen and oxygen atoms in total. The second-order valence-electron chi connectivity index (χ2n) is 5.09. The summed E-state index contributed by atoms with van der Waals surface area (Å²) in [5.41, 5.74) is -0.136. The van der Waals surface area contributed by atoms with Crippen molar-refractivity contribution in [1.29, 1.82) is 0 Å². The lowest BCUT2D eigenvalue weighted by molar-refractivity contribution is -0.137. The lowest BCUT2D eigenvalue weighted by atomic mass is 10.2. The quantitative estimate of drug-likeness (QED) is 0.741. The zero-order valence-electron chi connectivity index (χ0n) is 12.1. The molecule has 2 heterocycles. The predicted octanol–water partition coefficient (Wildman–Crippen LogP) is 3.67. The van der Waals surface area contributed by atoms with E-state index < -0.39 is 23.5 Å². The molecule has 0 unspecified atom stereocenters. The summed E-state index contributed by atoms with van der Waals surface area (Å²) in [7, 11) is 0. The lowest BCUT2D eigenvalue weighted by Crippen LogP contribution is -2.17. The van der Waals surface area contributed by atoms with Crippen molar-refractivity contribution >= 4 is 17.2 Å². The maximum Gasteiger partial charge on any atom is 0.416 e. The van der Waals surface area contributed by atoms with E-state index in [1.807, 2.05) is 0 Å². The Morgan fingerprint density at radius 3 is 2.71 bits per heavy atom. The Labute approximate surface area is 133 Å². The first-order chi connectivity index (χ1) is 11.3. The van der Waals surface area contributed by atoms with Gasteiger partial charge in [0.25, 0.3) is 0 Å². The highest BCUT2D eigenvalue weighted by atomic mass is 19.4. The van der Waals surface area contributed by atoms with Gasteiger partial charge in [-0.2, -0.15) is 13.2 Å². The molecule has 0 aliphatic heterocycles. The number of carbonyl (C=O) groups is 1. The van der Waals surface area contributed by atoms with Crippen molar-refractivity contribution in [1.82, 2.24) is 9.38 Å². The lowest BCUT2D eigenvalue weighted by Gasteiger charge is -2.11. The van der Waals surface area contributed by atoms with E-state index in [9.17, 15) is 22.4 Å². The first-order valence-electron chi connectivity index (χ1n) is 6.92. The second-order valence-corrected chi connectivity index (χ2v) is 5.09. The van der Waals surface area contributed by atoms with Crippen molar-refractivity contribution in [3.05, 3.63) is 65.9 Å². The first kappa shape index (κ1) is 16.0. The number of fused-ring (bicyclic) bond motifs is 1. The highest BCUT2D eigenvalue weighted by molar-refractivity contribution is 5.92. The fourth-order valence-electron chi connectivity index (χ4n) is 2.30. The topological polar surface area (TPSA) is 46.4 Å². The van der Waals surface area contributed by atoms with Crippen molar-refractivity contribution in [3.63, 3.8) is 0 Å². The highest BCUT2D eigenvalue weighted by Crippen LogP contribution is 2.31. The van der Waals surface area contributed by atoms with Gasteiger partial charge in [0.1, 0.15) is 11.5 Å². The van der Waals surface area contributed by atoms with E-state index in [0.717, 1.165) is 12.1 Å². The number of carbonyl (C=O) groups excluding carboxylic acids is 1. The van der Waals surface area contributed by atoms with E-state index in [-0.39, 0.29) is 12.1 Å². The molecule has 1 aromatic carbocycles. The number of hydrogen-bond acceptors (Lipinski definition) is 2. The van der Waals surface area contributed by atoms with Gasteiger partial charge < -0.3 is 9.72 Å². The van der Waals surface area contributed by atoms with Crippen LogP contribution in [0.1, 0.15) is 11.3 Å².